The van der Waals surface area contributed by atoms with Crippen molar-refractivity contribution in [3.63, 3.8) is 0 Å². The van der Waals surface area contributed by atoms with Gasteiger partial charge in [-0.2, -0.15) is 0 Å². The van der Waals surface area contributed by atoms with Crippen LogP contribution in [0.3, 0.4) is 0 Å². The number of amides is 1. The van der Waals surface area contributed by atoms with Gasteiger partial charge in [0.2, 0.25) is 5.91 Å². The smallest absolute Gasteiger partial charge is 0.229 e. The maximum Gasteiger partial charge on any atom is 0.229 e. The van der Waals surface area contributed by atoms with Crippen LogP contribution in [0.15, 0.2) is 41.3 Å². The second kappa shape index (κ2) is 10.3. The van der Waals surface area contributed by atoms with Crippen molar-refractivity contribution in [3.05, 3.63) is 52.5 Å². The number of thiazole rings is 1. The summed E-state index contributed by atoms with van der Waals surface area (Å²) in [5.41, 5.74) is 3.06. The molecule has 0 bridgehead atoms. The predicted molar refractivity (Wildman–Crippen MR) is 133 cm³/mol. The molecule has 0 unspecified atom stereocenters. The van der Waals surface area contributed by atoms with Crippen molar-refractivity contribution < 1.29 is 13.2 Å². The first kappa shape index (κ1) is 24.6. The minimum Gasteiger partial charge on any atom is -0.309 e. The Morgan fingerprint density at radius 1 is 1.03 bits per heavy atom. The van der Waals surface area contributed by atoms with Gasteiger partial charge in [-0.25, -0.2) is 13.4 Å². The van der Waals surface area contributed by atoms with Crippen LogP contribution in [0.1, 0.15) is 24.0 Å². The highest BCUT2D eigenvalue weighted by molar-refractivity contribution is 7.91. The van der Waals surface area contributed by atoms with Crippen molar-refractivity contribution in [2.75, 3.05) is 37.8 Å². The molecule has 0 spiro atoms. The third-order valence-corrected chi connectivity index (χ3v) is 8.40. The van der Waals surface area contributed by atoms with Crippen molar-refractivity contribution in [2.24, 2.45) is 0 Å². The zero-order valence-corrected chi connectivity index (χ0v) is 21.1. The van der Waals surface area contributed by atoms with Crippen LogP contribution in [0.5, 0.6) is 0 Å². The molecule has 0 aliphatic rings. The highest BCUT2D eigenvalue weighted by Gasteiger charge is 2.23. The first-order valence-electron chi connectivity index (χ1n) is 10.4. The summed E-state index contributed by atoms with van der Waals surface area (Å²) in [5.74, 6) is -0.503. The average molecular weight is 494 g/mol. The normalized spacial score (nSPS) is 11.9. The molecule has 1 amide bonds. The van der Waals surface area contributed by atoms with Gasteiger partial charge in [-0.3, -0.25) is 9.69 Å². The third-order valence-electron chi connectivity index (χ3n) is 5.21. The molecule has 32 heavy (non-hydrogen) atoms. The van der Waals surface area contributed by atoms with E-state index in [2.05, 4.69) is 11.0 Å². The van der Waals surface area contributed by atoms with Gasteiger partial charge >= 0.3 is 0 Å². The fourth-order valence-electron chi connectivity index (χ4n) is 3.35. The number of anilines is 1. The van der Waals surface area contributed by atoms with Crippen LogP contribution in [0, 0.1) is 13.8 Å². The molecule has 1 aromatic heterocycles. The lowest BCUT2D eigenvalue weighted by atomic mass is 10.1. The van der Waals surface area contributed by atoms with E-state index in [1.165, 1.54) is 35.6 Å². The van der Waals surface area contributed by atoms with Crippen LogP contribution in [0.4, 0.5) is 5.13 Å². The standard InChI is InChI=1S/C23H28ClN3O3S2/c1-16-6-7-17(2)22-21(16)25-23(31-22)27(14-5-13-26(3)4)20(28)12-15-32(29,30)19-10-8-18(24)9-11-19/h6-11H,5,12-15H2,1-4H3. The average Bonchev–Trinajstić information content (AvgIpc) is 3.19. The number of aromatic nitrogens is 1. The molecule has 0 N–H and O–H groups in total. The van der Waals surface area contributed by atoms with E-state index in [0.717, 1.165) is 34.3 Å². The van der Waals surface area contributed by atoms with E-state index in [1.807, 2.05) is 34.0 Å². The molecule has 3 rings (SSSR count). The summed E-state index contributed by atoms with van der Waals surface area (Å²) in [6.45, 7) is 5.33. The van der Waals surface area contributed by atoms with Crippen molar-refractivity contribution >= 4 is 54.0 Å². The van der Waals surface area contributed by atoms with E-state index in [1.54, 1.807) is 4.90 Å². The van der Waals surface area contributed by atoms with Gasteiger partial charge < -0.3 is 4.90 Å². The minimum absolute atomic E-state index is 0.110. The summed E-state index contributed by atoms with van der Waals surface area (Å²) in [4.78, 5) is 21.8. The van der Waals surface area contributed by atoms with Gasteiger partial charge in [-0.15, -0.1) is 0 Å². The number of rotatable bonds is 9. The maximum absolute atomic E-state index is 13.2. The Kier molecular flexibility index (Phi) is 7.92. The highest BCUT2D eigenvalue weighted by Crippen LogP contribution is 2.33. The van der Waals surface area contributed by atoms with Gasteiger partial charge in [0.1, 0.15) is 0 Å². The topological polar surface area (TPSA) is 70.6 Å². The third kappa shape index (κ3) is 5.86. The van der Waals surface area contributed by atoms with Gasteiger partial charge in [0, 0.05) is 18.0 Å². The Morgan fingerprint density at radius 2 is 1.69 bits per heavy atom. The van der Waals surface area contributed by atoms with Gasteiger partial charge in [0.05, 0.1) is 20.9 Å². The number of halogens is 1. The summed E-state index contributed by atoms with van der Waals surface area (Å²) < 4.78 is 26.5. The zero-order chi connectivity index (χ0) is 23.5. The molecule has 0 aliphatic carbocycles. The van der Waals surface area contributed by atoms with Crippen LogP contribution < -0.4 is 4.90 Å². The summed E-state index contributed by atoms with van der Waals surface area (Å²) >= 11 is 7.34. The molecular formula is C23H28ClN3O3S2. The summed E-state index contributed by atoms with van der Waals surface area (Å²) in [5, 5.41) is 1.08. The van der Waals surface area contributed by atoms with Crippen molar-refractivity contribution in [1.82, 2.24) is 9.88 Å². The molecule has 172 valence electrons. The number of carbonyl (C=O) groups is 1. The molecule has 1 heterocycles. The van der Waals surface area contributed by atoms with E-state index in [4.69, 9.17) is 16.6 Å². The minimum atomic E-state index is -3.59. The van der Waals surface area contributed by atoms with E-state index in [-0.39, 0.29) is 23.0 Å². The summed E-state index contributed by atoms with van der Waals surface area (Å²) in [6, 6.07) is 10.1. The molecule has 0 atom stereocenters. The Balaban J connectivity index is 1.83. The van der Waals surface area contributed by atoms with Gasteiger partial charge in [0.25, 0.3) is 0 Å². The van der Waals surface area contributed by atoms with E-state index >= 15 is 0 Å². The second-order valence-electron chi connectivity index (χ2n) is 8.10. The number of aryl methyl sites for hydroxylation is 2. The Morgan fingerprint density at radius 3 is 2.31 bits per heavy atom. The summed E-state index contributed by atoms with van der Waals surface area (Å²) in [6.07, 6.45) is 0.650. The second-order valence-corrected chi connectivity index (χ2v) is 11.6. The first-order chi connectivity index (χ1) is 15.1. The zero-order valence-electron chi connectivity index (χ0n) is 18.8. The Labute approximate surface area is 198 Å². The number of nitrogens with zero attached hydrogens (tertiary/aromatic N) is 3. The molecule has 3 aromatic rings. The van der Waals surface area contributed by atoms with Crippen LogP contribution >= 0.6 is 22.9 Å². The predicted octanol–water partition coefficient (Wildman–Crippen LogP) is 4.72. The largest absolute Gasteiger partial charge is 0.309 e. The number of hydrogen-bond acceptors (Lipinski definition) is 6. The lowest BCUT2D eigenvalue weighted by Gasteiger charge is -2.21. The Bertz CT molecular complexity index is 1170. The van der Waals surface area contributed by atoms with E-state index in [9.17, 15) is 13.2 Å². The Hall–Kier alpha value is -2.00. The molecule has 9 heteroatoms. The van der Waals surface area contributed by atoms with E-state index in [0.29, 0.717) is 16.7 Å². The van der Waals surface area contributed by atoms with Crippen LogP contribution in [0.25, 0.3) is 10.2 Å². The fraction of sp³-hybridized carbons (Fsp3) is 0.391. The van der Waals surface area contributed by atoms with Crippen molar-refractivity contribution in [2.45, 2.75) is 31.6 Å². The first-order valence-corrected chi connectivity index (χ1v) is 13.2. The molecule has 0 fully saturated rings. The number of fused-ring (bicyclic) bond motifs is 1. The SMILES string of the molecule is Cc1ccc(C)c2sc(N(CCCN(C)C)C(=O)CCS(=O)(=O)c3ccc(Cl)cc3)nc12. The molecular weight excluding hydrogens is 466 g/mol. The number of hydrogen-bond donors (Lipinski definition) is 0. The van der Waals surface area contributed by atoms with Crippen LogP contribution in [0.2, 0.25) is 5.02 Å². The summed E-state index contributed by atoms with van der Waals surface area (Å²) in [7, 11) is 0.372. The lowest BCUT2D eigenvalue weighted by Crippen LogP contribution is -2.34. The monoisotopic (exact) mass is 493 g/mol. The lowest BCUT2D eigenvalue weighted by molar-refractivity contribution is -0.118. The van der Waals surface area contributed by atoms with Gasteiger partial charge in [0.15, 0.2) is 15.0 Å². The fourth-order valence-corrected chi connectivity index (χ4v) is 5.86. The van der Waals surface area contributed by atoms with Crippen molar-refractivity contribution in [3.8, 4) is 0 Å². The molecule has 6 nitrogen and oxygen atoms in total. The number of benzene rings is 2. The number of carbonyl (C=O) groups excluding carboxylic acids is 1. The molecule has 0 saturated heterocycles. The molecule has 0 radical (unpaired) electrons. The highest BCUT2D eigenvalue weighted by atomic mass is 35.5. The van der Waals surface area contributed by atoms with E-state index < -0.39 is 9.84 Å². The quantitative estimate of drug-likeness (QED) is 0.431. The number of sulfone groups is 1. The van der Waals surface area contributed by atoms with Crippen LogP contribution in [-0.4, -0.2) is 57.1 Å². The van der Waals surface area contributed by atoms with Crippen LogP contribution in [-0.2, 0) is 14.6 Å². The molecule has 2 aromatic carbocycles. The van der Waals surface area contributed by atoms with Gasteiger partial charge in [-0.05, 0) is 76.3 Å². The van der Waals surface area contributed by atoms with Crippen molar-refractivity contribution in [1.29, 1.82) is 0 Å². The maximum atomic E-state index is 13.2. The molecule has 0 saturated carbocycles. The molecule has 0 aliphatic heterocycles. The van der Waals surface area contributed by atoms with Gasteiger partial charge in [-0.1, -0.05) is 35.1 Å².